The molecule has 1 heterocycles. The Labute approximate surface area is 77.6 Å². The van der Waals surface area contributed by atoms with E-state index in [-0.39, 0.29) is 5.91 Å². The van der Waals surface area contributed by atoms with Gasteiger partial charge in [-0.15, -0.1) is 0 Å². The smallest absolute Gasteiger partial charge is 0.256 e. The van der Waals surface area contributed by atoms with Crippen LogP contribution in [0.25, 0.3) is 0 Å². The van der Waals surface area contributed by atoms with Gasteiger partial charge in [-0.25, -0.2) is 9.97 Å². The number of nitrogens with zero attached hydrogens (tertiary/aromatic N) is 3. The number of amides is 1. The van der Waals surface area contributed by atoms with Crippen molar-refractivity contribution in [2.24, 2.45) is 0 Å². The molecule has 1 aromatic heterocycles. The van der Waals surface area contributed by atoms with E-state index in [4.69, 9.17) is 0 Å². The van der Waals surface area contributed by atoms with Crippen molar-refractivity contribution in [2.75, 3.05) is 13.6 Å². The van der Waals surface area contributed by atoms with Gasteiger partial charge in [0.2, 0.25) is 0 Å². The van der Waals surface area contributed by atoms with E-state index in [0.29, 0.717) is 17.9 Å². The number of carbonyl (C=O) groups is 1. The Bertz CT molecular complexity index is 294. The molecule has 0 saturated heterocycles. The molecular weight excluding hydrogens is 166 g/mol. The highest BCUT2D eigenvalue weighted by molar-refractivity contribution is 5.93. The van der Waals surface area contributed by atoms with Crippen LogP contribution in [-0.4, -0.2) is 34.4 Å². The monoisotopic (exact) mass is 179 g/mol. The molecule has 0 aromatic carbocycles. The molecule has 0 radical (unpaired) electrons. The van der Waals surface area contributed by atoms with Gasteiger partial charge in [0, 0.05) is 26.0 Å². The van der Waals surface area contributed by atoms with Gasteiger partial charge in [-0.05, 0) is 13.8 Å². The van der Waals surface area contributed by atoms with E-state index in [1.165, 1.54) is 0 Å². The molecule has 70 valence electrons. The Morgan fingerprint density at radius 2 is 2.00 bits per heavy atom. The lowest BCUT2D eigenvalue weighted by Crippen LogP contribution is -2.26. The maximum Gasteiger partial charge on any atom is 0.256 e. The third-order valence-corrected chi connectivity index (χ3v) is 1.85. The Morgan fingerprint density at radius 3 is 2.46 bits per heavy atom. The fourth-order valence-electron chi connectivity index (χ4n) is 0.867. The lowest BCUT2D eigenvalue weighted by atomic mass is 10.3. The molecule has 0 N–H and O–H groups in total. The van der Waals surface area contributed by atoms with Crippen LogP contribution in [0.3, 0.4) is 0 Å². The Morgan fingerprint density at radius 1 is 1.46 bits per heavy atom. The average molecular weight is 179 g/mol. The Hall–Kier alpha value is -1.45. The van der Waals surface area contributed by atoms with Crippen LogP contribution in [-0.2, 0) is 0 Å². The average Bonchev–Trinajstić information content (AvgIpc) is 2.17. The molecule has 1 aromatic rings. The SMILES string of the molecule is CCN(C)C(=O)c1cnc(C)nc1. The second-order valence-corrected chi connectivity index (χ2v) is 2.84. The van der Waals surface area contributed by atoms with Gasteiger partial charge in [-0.2, -0.15) is 0 Å². The molecule has 4 nitrogen and oxygen atoms in total. The van der Waals surface area contributed by atoms with Crippen molar-refractivity contribution in [3.8, 4) is 0 Å². The van der Waals surface area contributed by atoms with Crippen molar-refractivity contribution < 1.29 is 4.79 Å². The normalized spacial score (nSPS) is 9.77. The van der Waals surface area contributed by atoms with Gasteiger partial charge in [-0.1, -0.05) is 0 Å². The summed E-state index contributed by atoms with van der Waals surface area (Å²) in [6, 6.07) is 0. The summed E-state index contributed by atoms with van der Waals surface area (Å²) >= 11 is 0. The van der Waals surface area contributed by atoms with Gasteiger partial charge in [0.25, 0.3) is 5.91 Å². The summed E-state index contributed by atoms with van der Waals surface area (Å²) in [4.78, 5) is 21.1. The topological polar surface area (TPSA) is 46.1 Å². The lowest BCUT2D eigenvalue weighted by Gasteiger charge is -2.13. The maximum absolute atomic E-state index is 11.5. The van der Waals surface area contributed by atoms with Crippen LogP contribution in [0.15, 0.2) is 12.4 Å². The van der Waals surface area contributed by atoms with Crippen LogP contribution in [0, 0.1) is 6.92 Å². The molecule has 0 spiro atoms. The van der Waals surface area contributed by atoms with Crippen LogP contribution < -0.4 is 0 Å². The molecule has 0 aliphatic rings. The minimum absolute atomic E-state index is 0.0394. The number of hydrogen-bond acceptors (Lipinski definition) is 3. The quantitative estimate of drug-likeness (QED) is 0.677. The number of aryl methyl sites for hydroxylation is 1. The molecule has 0 aliphatic carbocycles. The summed E-state index contributed by atoms with van der Waals surface area (Å²) in [5, 5.41) is 0. The van der Waals surface area contributed by atoms with Crippen LogP contribution in [0.1, 0.15) is 23.1 Å². The van der Waals surface area contributed by atoms with Crippen LogP contribution in [0.4, 0.5) is 0 Å². The molecule has 0 saturated carbocycles. The van der Waals surface area contributed by atoms with Crippen LogP contribution in [0.5, 0.6) is 0 Å². The predicted octanol–water partition coefficient (Wildman–Crippen LogP) is 0.877. The number of carbonyl (C=O) groups excluding carboxylic acids is 1. The molecule has 1 rings (SSSR count). The van der Waals surface area contributed by atoms with Gasteiger partial charge >= 0.3 is 0 Å². The van der Waals surface area contributed by atoms with E-state index in [9.17, 15) is 4.79 Å². The zero-order valence-electron chi connectivity index (χ0n) is 8.11. The third-order valence-electron chi connectivity index (χ3n) is 1.85. The number of hydrogen-bond donors (Lipinski definition) is 0. The summed E-state index contributed by atoms with van der Waals surface area (Å²) in [5.74, 6) is 0.637. The highest BCUT2D eigenvalue weighted by Crippen LogP contribution is 1.99. The summed E-state index contributed by atoms with van der Waals surface area (Å²) in [6.45, 7) is 4.40. The van der Waals surface area contributed by atoms with Crippen molar-refractivity contribution in [3.05, 3.63) is 23.8 Å². The molecule has 4 heteroatoms. The van der Waals surface area contributed by atoms with Crippen molar-refractivity contribution in [1.82, 2.24) is 14.9 Å². The molecule has 0 aliphatic heterocycles. The predicted molar refractivity (Wildman–Crippen MR) is 49.4 cm³/mol. The summed E-state index contributed by atoms with van der Waals surface area (Å²) in [5.41, 5.74) is 0.537. The first-order valence-corrected chi connectivity index (χ1v) is 4.19. The molecule has 13 heavy (non-hydrogen) atoms. The maximum atomic E-state index is 11.5. The second-order valence-electron chi connectivity index (χ2n) is 2.84. The van der Waals surface area contributed by atoms with Gasteiger partial charge in [0.05, 0.1) is 5.56 Å². The number of aromatic nitrogens is 2. The van der Waals surface area contributed by atoms with Crippen molar-refractivity contribution in [3.63, 3.8) is 0 Å². The zero-order chi connectivity index (χ0) is 9.84. The highest BCUT2D eigenvalue weighted by atomic mass is 16.2. The fourth-order valence-corrected chi connectivity index (χ4v) is 0.867. The fraction of sp³-hybridized carbons (Fsp3) is 0.444. The van der Waals surface area contributed by atoms with Gasteiger partial charge < -0.3 is 4.90 Å². The van der Waals surface area contributed by atoms with E-state index in [2.05, 4.69) is 9.97 Å². The van der Waals surface area contributed by atoms with E-state index in [0.717, 1.165) is 0 Å². The molecule has 0 fully saturated rings. The van der Waals surface area contributed by atoms with E-state index >= 15 is 0 Å². The minimum Gasteiger partial charge on any atom is -0.342 e. The first kappa shape index (κ1) is 9.64. The third kappa shape index (κ3) is 2.24. The summed E-state index contributed by atoms with van der Waals surface area (Å²) in [7, 11) is 1.75. The molecule has 0 bridgehead atoms. The van der Waals surface area contributed by atoms with Gasteiger partial charge in [0.1, 0.15) is 5.82 Å². The lowest BCUT2D eigenvalue weighted by molar-refractivity contribution is 0.0801. The second kappa shape index (κ2) is 3.98. The molecule has 1 amide bonds. The molecule has 0 atom stereocenters. The Balaban J connectivity index is 2.83. The highest BCUT2D eigenvalue weighted by Gasteiger charge is 2.09. The zero-order valence-corrected chi connectivity index (χ0v) is 8.11. The van der Waals surface area contributed by atoms with Gasteiger partial charge in [-0.3, -0.25) is 4.79 Å². The summed E-state index contributed by atoms with van der Waals surface area (Å²) in [6.07, 6.45) is 3.10. The molecular formula is C9H13N3O. The van der Waals surface area contributed by atoms with E-state index in [1.807, 2.05) is 6.92 Å². The van der Waals surface area contributed by atoms with Crippen molar-refractivity contribution >= 4 is 5.91 Å². The largest absolute Gasteiger partial charge is 0.342 e. The van der Waals surface area contributed by atoms with Crippen LogP contribution >= 0.6 is 0 Å². The Kier molecular flexibility index (Phi) is 2.95. The van der Waals surface area contributed by atoms with Gasteiger partial charge in [0.15, 0.2) is 0 Å². The minimum atomic E-state index is -0.0394. The first-order chi connectivity index (χ1) is 6.15. The number of rotatable bonds is 2. The van der Waals surface area contributed by atoms with Crippen LogP contribution in [0.2, 0.25) is 0 Å². The summed E-state index contributed by atoms with van der Waals surface area (Å²) < 4.78 is 0. The van der Waals surface area contributed by atoms with E-state index < -0.39 is 0 Å². The van der Waals surface area contributed by atoms with E-state index in [1.54, 1.807) is 31.3 Å². The standard InChI is InChI=1S/C9H13N3O/c1-4-12(3)9(13)8-5-10-7(2)11-6-8/h5-6H,4H2,1-3H3. The van der Waals surface area contributed by atoms with Crippen molar-refractivity contribution in [1.29, 1.82) is 0 Å². The first-order valence-electron chi connectivity index (χ1n) is 4.19. The molecule has 0 unspecified atom stereocenters. The van der Waals surface area contributed by atoms with Crippen molar-refractivity contribution in [2.45, 2.75) is 13.8 Å².